The number of hydrogen-bond donors (Lipinski definition) is 0. The molecule has 0 amide bonds. The molecule has 0 N–H and O–H groups in total. The normalized spacial score (nSPS) is 10.8. The summed E-state index contributed by atoms with van der Waals surface area (Å²) in [7, 11) is 0. The summed E-state index contributed by atoms with van der Waals surface area (Å²) < 4.78 is 2.63. The van der Waals surface area contributed by atoms with Crippen LogP contribution in [0.5, 0.6) is 0 Å². The van der Waals surface area contributed by atoms with Crippen LogP contribution < -0.4 is 0 Å². The minimum absolute atomic E-state index is 0.0520. The molecule has 3 nitrogen and oxygen atoms in total. The van der Waals surface area contributed by atoms with Gasteiger partial charge in [0.25, 0.3) is 0 Å². The van der Waals surface area contributed by atoms with E-state index in [1.807, 2.05) is 29.7 Å². The number of ketones is 1. The minimum Gasteiger partial charge on any atom is -0.302 e. The van der Waals surface area contributed by atoms with Gasteiger partial charge in [-0.3, -0.25) is 4.79 Å². The van der Waals surface area contributed by atoms with Crippen molar-refractivity contribution in [1.82, 2.24) is 9.38 Å². The van der Waals surface area contributed by atoms with Crippen LogP contribution in [-0.4, -0.2) is 15.2 Å². The summed E-state index contributed by atoms with van der Waals surface area (Å²) in [5.41, 5.74) is 1.54. The van der Waals surface area contributed by atoms with Crippen LogP contribution in [0.1, 0.15) is 23.1 Å². The van der Waals surface area contributed by atoms with Gasteiger partial charge in [-0.25, -0.2) is 4.98 Å². The van der Waals surface area contributed by atoms with E-state index < -0.39 is 0 Å². The molecule has 0 aromatic carbocycles. The van der Waals surface area contributed by atoms with Gasteiger partial charge in [-0.2, -0.15) is 0 Å². The van der Waals surface area contributed by atoms with E-state index in [9.17, 15) is 4.79 Å². The summed E-state index contributed by atoms with van der Waals surface area (Å²) in [6, 6.07) is 3.66. The Morgan fingerprint density at radius 3 is 2.93 bits per heavy atom. The highest BCUT2D eigenvalue weighted by Crippen LogP contribution is 2.22. The summed E-state index contributed by atoms with van der Waals surface area (Å²) in [6.45, 7) is 3.46. The maximum absolute atomic E-state index is 11.4. The third kappa shape index (κ3) is 1.26. The first kappa shape index (κ1) is 9.40. The van der Waals surface area contributed by atoms with Crippen LogP contribution in [0.3, 0.4) is 0 Å². The maximum atomic E-state index is 11.4. The van der Waals surface area contributed by atoms with Crippen LogP contribution in [0.15, 0.2) is 22.9 Å². The number of hydrogen-bond acceptors (Lipinski definition) is 2. The van der Waals surface area contributed by atoms with Gasteiger partial charge in [-0.1, -0.05) is 0 Å². The Bertz CT molecular complexity index is 516. The zero-order chi connectivity index (χ0) is 10.3. The minimum atomic E-state index is 0.0520. The molecule has 4 heteroatoms. The molecular formula is C10H9BrN2O. The van der Waals surface area contributed by atoms with E-state index in [4.69, 9.17) is 0 Å². The first-order valence-electron chi connectivity index (χ1n) is 4.25. The van der Waals surface area contributed by atoms with Crippen LogP contribution >= 0.6 is 15.9 Å². The van der Waals surface area contributed by atoms with Crippen molar-refractivity contribution in [3.05, 3.63) is 34.3 Å². The Morgan fingerprint density at radius 1 is 1.57 bits per heavy atom. The van der Waals surface area contributed by atoms with Crippen LogP contribution in [0.2, 0.25) is 0 Å². The predicted octanol–water partition coefficient (Wildman–Crippen LogP) is 2.61. The van der Waals surface area contributed by atoms with Gasteiger partial charge < -0.3 is 4.40 Å². The molecule has 2 rings (SSSR count). The standard InChI is InChI=1S/C10H9BrN2O/c1-6(14)8-4-3-5-13-7(2)12-10(11)9(8)13/h3-5H,1-2H3. The molecule has 0 bridgehead atoms. The molecule has 0 aliphatic heterocycles. The number of pyridine rings is 1. The second kappa shape index (κ2) is 3.20. The largest absolute Gasteiger partial charge is 0.302 e. The Balaban J connectivity index is 2.92. The number of fused-ring (bicyclic) bond motifs is 1. The van der Waals surface area contributed by atoms with Gasteiger partial charge in [0.1, 0.15) is 10.4 Å². The van der Waals surface area contributed by atoms with Crippen molar-refractivity contribution >= 4 is 27.2 Å². The fourth-order valence-corrected chi connectivity index (χ4v) is 2.18. The fourth-order valence-electron chi connectivity index (χ4n) is 1.52. The summed E-state index contributed by atoms with van der Waals surface area (Å²) in [5.74, 6) is 0.922. The number of imidazole rings is 1. The Labute approximate surface area is 89.9 Å². The second-order valence-corrected chi connectivity index (χ2v) is 3.90. The van der Waals surface area contributed by atoms with Gasteiger partial charge in [-0.15, -0.1) is 0 Å². The highest BCUT2D eigenvalue weighted by Gasteiger charge is 2.12. The third-order valence-corrected chi connectivity index (χ3v) is 2.73. The molecule has 2 aromatic heterocycles. The fraction of sp³-hybridized carbons (Fsp3) is 0.200. The average molecular weight is 253 g/mol. The number of carbonyl (C=O) groups is 1. The number of Topliss-reactive ketones (excluding diaryl/α,β-unsaturated/α-hetero) is 1. The number of aryl methyl sites for hydroxylation is 1. The third-order valence-electron chi connectivity index (χ3n) is 2.18. The molecule has 2 aromatic rings. The van der Waals surface area contributed by atoms with Crippen molar-refractivity contribution in [3.8, 4) is 0 Å². The Hall–Kier alpha value is -1.16. The number of carbonyl (C=O) groups excluding carboxylic acids is 1. The summed E-state index contributed by atoms with van der Waals surface area (Å²) in [5, 5.41) is 0. The first-order chi connectivity index (χ1) is 6.61. The summed E-state index contributed by atoms with van der Waals surface area (Å²) in [4.78, 5) is 15.6. The van der Waals surface area contributed by atoms with Crippen LogP contribution in [-0.2, 0) is 0 Å². The van der Waals surface area contributed by atoms with Crippen molar-refractivity contribution in [2.24, 2.45) is 0 Å². The molecule has 14 heavy (non-hydrogen) atoms. The maximum Gasteiger partial charge on any atom is 0.162 e. The molecule has 0 saturated heterocycles. The average Bonchev–Trinajstić information content (AvgIpc) is 2.43. The lowest BCUT2D eigenvalue weighted by atomic mass is 10.2. The van der Waals surface area contributed by atoms with Gasteiger partial charge in [0, 0.05) is 11.8 Å². The lowest BCUT2D eigenvalue weighted by Gasteiger charge is -2.00. The van der Waals surface area contributed by atoms with Crippen molar-refractivity contribution in [2.45, 2.75) is 13.8 Å². The number of halogens is 1. The molecule has 0 aliphatic carbocycles. The molecule has 0 aliphatic rings. The van der Waals surface area contributed by atoms with Gasteiger partial charge in [0.05, 0.1) is 5.52 Å². The zero-order valence-electron chi connectivity index (χ0n) is 7.91. The number of nitrogens with zero attached hydrogens (tertiary/aromatic N) is 2. The molecule has 0 spiro atoms. The van der Waals surface area contributed by atoms with Crippen molar-refractivity contribution < 1.29 is 4.79 Å². The van der Waals surface area contributed by atoms with Crippen LogP contribution in [0.4, 0.5) is 0 Å². The Kier molecular flexibility index (Phi) is 2.15. The van der Waals surface area contributed by atoms with Gasteiger partial charge in [0.2, 0.25) is 0 Å². The highest BCUT2D eigenvalue weighted by atomic mass is 79.9. The second-order valence-electron chi connectivity index (χ2n) is 3.15. The number of aromatic nitrogens is 2. The Morgan fingerprint density at radius 2 is 2.29 bits per heavy atom. The van der Waals surface area contributed by atoms with Crippen LogP contribution in [0, 0.1) is 6.92 Å². The highest BCUT2D eigenvalue weighted by molar-refractivity contribution is 9.10. The molecule has 0 radical (unpaired) electrons. The van der Waals surface area contributed by atoms with Gasteiger partial charge in [0.15, 0.2) is 5.78 Å². The smallest absolute Gasteiger partial charge is 0.162 e. The van der Waals surface area contributed by atoms with Gasteiger partial charge >= 0.3 is 0 Å². The molecule has 0 fully saturated rings. The SMILES string of the molecule is CC(=O)c1cccn2c(C)nc(Br)c12. The van der Waals surface area contributed by atoms with Crippen LogP contribution in [0.25, 0.3) is 5.52 Å². The van der Waals surface area contributed by atoms with E-state index in [0.29, 0.717) is 5.56 Å². The summed E-state index contributed by atoms with van der Waals surface area (Å²) >= 11 is 3.35. The zero-order valence-corrected chi connectivity index (χ0v) is 9.50. The molecular weight excluding hydrogens is 244 g/mol. The molecule has 0 unspecified atom stereocenters. The number of rotatable bonds is 1. The van der Waals surface area contributed by atoms with E-state index in [2.05, 4.69) is 20.9 Å². The van der Waals surface area contributed by atoms with E-state index in [0.717, 1.165) is 15.9 Å². The monoisotopic (exact) mass is 252 g/mol. The van der Waals surface area contributed by atoms with Crippen molar-refractivity contribution in [2.75, 3.05) is 0 Å². The molecule has 0 atom stereocenters. The molecule has 0 saturated carbocycles. The lowest BCUT2D eigenvalue weighted by molar-refractivity contribution is 0.101. The molecule has 72 valence electrons. The molecule has 2 heterocycles. The predicted molar refractivity (Wildman–Crippen MR) is 57.6 cm³/mol. The van der Waals surface area contributed by atoms with E-state index >= 15 is 0 Å². The summed E-state index contributed by atoms with van der Waals surface area (Å²) in [6.07, 6.45) is 1.90. The van der Waals surface area contributed by atoms with E-state index in [-0.39, 0.29) is 5.78 Å². The lowest BCUT2D eigenvalue weighted by Crippen LogP contribution is -1.97. The van der Waals surface area contributed by atoms with Crippen molar-refractivity contribution in [1.29, 1.82) is 0 Å². The first-order valence-corrected chi connectivity index (χ1v) is 5.04. The van der Waals surface area contributed by atoms with E-state index in [1.54, 1.807) is 6.92 Å². The van der Waals surface area contributed by atoms with E-state index in [1.165, 1.54) is 0 Å². The topological polar surface area (TPSA) is 34.4 Å². The quantitative estimate of drug-likeness (QED) is 0.732. The van der Waals surface area contributed by atoms with Crippen molar-refractivity contribution in [3.63, 3.8) is 0 Å². The van der Waals surface area contributed by atoms with Gasteiger partial charge in [-0.05, 0) is 41.9 Å².